The summed E-state index contributed by atoms with van der Waals surface area (Å²) < 4.78 is 6.64. The second kappa shape index (κ2) is 4.22. The zero-order valence-electron chi connectivity index (χ0n) is 7.43. The highest BCUT2D eigenvalue weighted by molar-refractivity contribution is 7.80. The van der Waals surface area contributed by atoms with E-state index < -0.39 is 0 Å². The molecule has 0 aromatic carbocycles. The van der Waals surface area contributed by atoms with Crippen molar-refractivity contribution in [3.63, 3.8) is 0 Å². The van der Waals surface area contributed by atoms with Gasteiger partial charge in [0.15, 0.2) is 6.52 Å². The maximum Gasteiger partial charge on any atom is 0.184 e. The molecule has 0 saturated carbocycles. The lowest BCUT2D eigenvalue weighted by molar-refractivity contribution is 0.853. The lowest BCUT2D eigenvalue weighted by Gasteiger charge is -2.03. The molecule has 0 rings (SSSR count). The van der Waals surface area contributed by atoms with Gasteiger partial charge in [0.25, 0.3) is 0 Å². The van der Waals surface area contributed by atoms with Gasteiger partial charge in [0.05, 0.1) is 0 Å². The summed E-state index contributed by atoms with van der Waals surface area (Å²) in [5, 5.41) is 4.15. The number of rotatable bonds is 2. The molecule has 3 N–H and O–H groups in total. The highest BCUT2D eigenvalue weighted by Gasteiger charge is 1.96. The standard InChI is InChI=1S/C6H13N3S/c1-4(2)5(3)8-9-6(7)10/h4H,1-3H3,(H3,7,9,10)/b8-5+/i/hD. The maximum absolute atomic E-state index is 6.64. The molecule has 0 aliphatic carbocycles. The van der Waals surface area contributed by atoms with E-state index in [1.807, 2.05) is 26.5 Å². The molecule has 0 saturated heterocycles. The van der Waals surface area contributed by atoms with Gasteiger partial charge in [-0.3, -0.25) is 5.43 Å². The van der Waals surface area contributed by atoms with E-state index in [1.54, 1.807) is 0 Å². The Morgan fingerprint density at radius 3 is 2.80 bits per heavy atom. The molecule has 0 amide bonds. The van der Waals surface area contributed by atoms with Gasteiger partial charge in [-0.25, -0.2) is 0 Å². The molecule has 0 atom stereocenters. The Hall–Kier alpha value is -0.640. The normalized spacial score (nSPS) is 12.8. The number of hydrogen-bond donors (Lipinski definition) is 2. The summed E-state index contributed by atoms with van der Waals surface area (Å²) in [5.41, 5.74) is 5.52. The number of hydrazone groups is 1. The first kappa shape index (κ1) is 7.47. The van der Waals surface area contributed by atoms with Crippen molar-refractivity contribution in [3.8, 4) is 0 Å². The van der Waals surface area contributed by atoms with Crippen LogP contribution in [-0.2, 0) is 0 Å². The average Bonchev–Trinajstić information content (AvgIpc) is 1.99. The Kier molecular flexibility index (Phi) is 3.15. The van der Waals surface area contributed by atoms with Crippen LogP contribution < -0.4 is 11.2 Å². The van der Waals surface area contributed by atoms with Crippen LogP contribution in [0.5, 0.6) is 0 Å². The minimum atomic E-state index is 0.213. The van der Waals surface area contributed by atoms with E-state index in [9.17, 15) is 0 Å². The van der Waals surface area contributed by atoms with Gasteiger partial charge in [0.2, 0.25) is 0 Å². The number of nitrogens with one attached hydrogen (secondary N) is 1. The second-order valence-corrected chi connectivity index (χ2v) is 2.76. The van der Waals surface area contributed by atoms with E-state index >= 15 is 0 Å². The first-order chi connectivity index (χ1) is 5.07. The van der Waals surface area contributed by atoms with E-state index in [1.165, 1.54) is 0 Å². The van der Waals surface area contributed by atoms with E-state index in [0.717, 1.165) is 5.71 Å². The summed E-state index contributed by atoms with van der Waals surface area (Å²) >= 11 is 4.64. The minimum Gasteiger partial charge on any atom is -0.375 e. The van der Waals surface area contributed by atoms with Gasteiger partial charge in [-0.2, -0.15) is 5.10 Å². The molecule has 4 heteroatoms. The lowest BCUT2D eigenvalue weighted by atomic mass is 10.1. The largest absolute Gasteiger partial charge is 0.375 e. The fourth-order valence-corrected chi connectivity index (χ4v) is 0.314. The molecular formula is C6H13N3S. The first-order valence-electron chi connectivity index (χ1n) is 3.59. The molecule has 0 bridgehead atoms. The van der Waals surface area contributed by atoms with Gasteiger partial charge in [-0.05, 0) is 25.1 Å². The monoisotopic (exact) mass is 160 g/mol. The van der Waals surface area contributed by atoms with Crippen molar-refractivity contribution in [2.45, 2.75) is 20.8 Å². The van der Waals surface area contributed by atoms with Crippen LogP contribution in [0.1, 0.15) is 20.8 Å². The summed E-state index contributed by atoms with van der Waals surface area (Å²) in [7, 11) is 0. The van der Waals surface area contributed by atoms with Crippen LogP contribution >= 0.6 is 12.2 Å². The van der Waals surface area contributed by atoms with Gasteiger partial charge >= 0.3 is 0 Å². The molecule has 0 fully saturated rings. The van der Waals surface area contributed by atoms with Gasteiger partial charge in [0, 0.05) is 5.71 Å². The highest BCUT2D eigenvalue weighted by Crippen LogP contribution is 1.93. The van der Waals surface area contributed by atoms with Crippen LogP contribution in [0, 0.1) is 5.92 Å². The quantitative estimate of drug-likeness (QED) is 0.358. The summed E-state index contributed by atoms with van der Waals surface area (Å²) in [6.07, 6.45) is 0. The smallest absolute Gasteiger partial charge is 0.184 e. The van der Waals surface area contributed by atoms with Crippen molar-refractivity contribution in [2.75, 3.05) is 0 Å². The van der Waals surface area contributed by atoms with Crippen molar-refractivity contribution in [3.05, 3.63) is 0 Å². The highest BCUT2D eigenvalue weighted by atomic mass is 32.1. The topological polar surface area (TPSA) is 50.4 Å². The average molecular weight is 160 g/mol. The van der Waals surface area contributed by atoms with Crippen LogP contribution in [0.2, 0.25) is 1.41 Å². The van der Waals surface area contributed by atoms with Crippen LogP contribution in [0.15, 0.2) is 5.10 Å². The summed E-state index contributed by atoms with van der Waals surface area (Å²) in [4.78, 5) is 0. The molecule has 3 nitrogen and oxygen atoms in total. The van der Waals surface area contributed by atoms with Gasteiger partial charge in [-0.15, -0.1) is 0 Å². The van der Waals surface area contributed by atoms with Crippen LogP contribution in [0.3, 0.4) is 0 Å². The Balaban J connectivity index is 3.82. The SMILES string of the molecule is [2H]NC(=S)N/N=C(\C)C(C)C. The lowest BCUT2D eigenvalue weighted by Crippen LogP contribution is -2.25. The number of hydrogen-bond acceptors (Lipinski definition) is 2. The van der Waals surface area contributed by atoms with E-state index in [0.29, 0.717) is 5.92 Å². The fraction of sp³-hybridized carbons (Fsp3) is 0.667. The molecule has 0 aromatic rings. The number of nitrogens with two attached hydrogens (primary N) is 1. The molecule has 0 spiro atoms. The number of nitrogens with zero attached hydrogens (tertiary/aromatic N) is 1. The van der Waals surface area contributed by atoms with Gasteiger partial charge in [-0.1, -0.05) is 13.8 Å². The predicted molar refractivity (Wildman–Crippen MR) is 47.9 cm³/mol. The molecule has 10 heavy (non-hydrogen) atoms. The van der Waals surface area contributed by atoms with Gasteiger partial charge < -0.3 is 5.73 Å². The Morgan fingerprint density at radius 1 is 1.80 bits per heavy atom. The third kappa shape index (κ3) is 4.26. The van der Waals surface area contributed by atoms with Crippen LogP contribution in [-0.4, -0.2) is 10.8 Å². The summed E-state index contributed by atoms with van der Waals surface area (Å²) in [6.45, 7) is 5.99. The van der Waals surface area contributed by atoms with Crippen LogP contribution in [0.25, 0.3) is 0 Å². The number of thiocarbonyl (C=S) groups is 1. The second-order valence-electron chi connectivity index (χ2n) is 2.35. The van der Waals surface area contributed by atoms with Crippen molar-refractivity contribution in [2.24, 2.45) is 16.7 Å². The van der Waals surface area contributed by atoms with E-state index in [2.05, 4.69) is 22.7 Å². The molecule has 0 aliphatic rings. The molecular weight excluding hydrogens is 146 g/mol. The molecule has 0 heterocycles. The zero-order chi connectivity index (χ0) is 8.85. The van der Waals surface area contributed by atoms with Crippen molar-refractivity contribution >= 4 is 23.0 Å². The first-order valence-corrected chi connectivity index (χ1v) is 3.50. The zero-order valence-corrected chi connectivity index (χ0v) is 7.25. The summed E-state index contributed by atoms with van der Waals surface area (Å²) in [5.74, 6) is 0.399. The van der Waals surface area contributed by atoms with Crippen molar-refractivity contribution in [1.29, 1.82) is 0 Å². The Morgan fingerprint density at radius 2 is 2.40 bits per heavy atom. The Bertz CT molecular complexity index is 167. The fourth-order valence-electron chi connectivity index (χ4n) is 0.268. The molecule has 0 radical (unpaired) electrons. The van der Waals surface area contributed by atoms with Crippen molar-refractivity contribution < 1.29 is 1.41 Å². The van der Waals surface area contributed by atoms with E-state index in [4.69, 9.17) is 1.41 Å². The molecule has 0 aromatic heterocycles. The van der Waals surface area contributed by atoms with Crippen molar-refractivity contribution in [1.82, 2.24) is 5.43 Å². The third-order valence-electron chi connectivity index (χ3n) is 1.17. The maximum atomic E-state index is 6.64. The van der Waals surface area contributed by atoms with Crippen LogP contribution in [0.4, 0.5) is 0 Å². The van der Waals surface area contributed by atoms with Gasteiger partial charge in [0.1, 0.15) is 0 Å². The summed E-state index contributed by atoms with van der Waals surface area (Å²) in [6, 6.07) is 0. The molecule has 0 unspecified atom stereocenters. The Labute approximate surface area is 68.1 Å². The van der Waals surface area contributed by atoms with E-state index in [-0.39, 0.29) is 5.11 Å². The molecule has 58 valence electrons. The minimum absolute atomic E-state index is 0.213. The molecule has 0 aliphatic heterocycles. The third-order valence-corrected chi connectivity index (χ3v) is 1.26. The predicted octanol–water partition coefficient (Wildman–Crippen LogP) is 0.851.